The van der Waals surface area contributed by atoms with E-state index in [4.69, 9.17) is 16.3 Å². The molecule has 0 bridgehead atoms. The number of hydrogen-bond donors (Lipinski definition) is 2. The van der Waals surface area contributed by atoms with Gasteiger partial charge in [0.25, 0.3) is 5.91 Å². The lowest BCUT2D eigenvalue weighted by Crippen LogP contribution is -2.22. The van der Waals surface area contributed by atoms with Crippen molar-refractivity contribution in [1.29, 1.82) is 0 Å². The summed E-state index contributed by atoms with van der Waals surface area (Å²) in [6, 6.07) is 0.618. The molecule has 0 saturated carbocycles. The minimum Gasteiger partial charge on any atom is -0.452 e. The van der Waals surface area contributed by atoms with Gasteiger partial charge in [-0.15, -0.1) is 11.3 Å². The highest BCUT2D eigenvalue weighted by molar-refractivity contribution is 7.16. The summed E-state index contributed by atoms with van der Waals surface area (Å²) in [4.78, 5) is 39.8. The van der Waals surface area contributed by atoms with Crippen LogP contribution in [0.25, 0.3) is 0 Å². The van der Waals surface area contributed by atoms with Gasteiger partial charge >= 0.3 is 12.1 Å². The Morgan fingerprint density at radius 2 is 1.90 bits per heavy atom. The average Bonchev–Trinajstić information content (AvgIpc) is 2.86. The smallest absolute Gasteiger partial charge is 0.417 e. The molecule has 2 aromatic heterocycles. The van der Waals surface area contributed by atoms with Crippen molar-refractivity contribution in [3.05, 3.63) is 38.9 Å². The minimum absolute atomic E-state index is 0.126. The van der Waals surface area contributed by atoms with Gasteiger partial charge in [-0.1, -0.05) is 11.6 Å². The summed E-state index contributed by atoms with van der Waals surface area (Å²) >= 11 is 6.89. The van der Waals surface area contributed by atoms with Gasteiger partial charge in [-0.3, -0.25) is 9.59 Å². The molecule has 7 nitrogen and oxygen atoms in total. The Bertz CT molecular complexity index is 976. The summed E-state index contributed by atoms with van der Waals surface area (Å²) in [6.45, 7) is 3.98. The van der Waals surface area contributed by atoms with Crippen LogP contribution in [0.15, 0.2) is 12.3 Å². The summed E-state index contributed by atoms with van der Waals surface area (Å²) in [7, 11) is 0. The molecule has 0 aliphatic heterocycles. The van der Waals surface area contributed by atoms with Gasteiger partial charge in [0.15, 0.2) is 12.4 Å². The number of ether oxygens (including phenoxy) is 1. The molecule has 2 amide bonds. The third-order valence-corrected chi connectivity index (χ3v) is 5.05. The lowest BCUT2D eigenvalue weighted by atomic mass is 10.1. The fourth-order valence-corrected chi connectivity index (χ4v) is 3.49. The van der Waals surface area contributed by atoms with Gasteiger partial charge in [0, 0.05) is 18.0 Å². The van der Waals surface area contributed by atoms with Crippen molar-refractivity contribution < 1.29 is 32.3 Å². The van der Waals surface area contributed by atoms with Crippen LogP contribution in [-0.4, -0.2) is 29.4 Å². The monoisotopic (exact) mass is 449 g/mol. The number of pyridine rings is 1. The molecule has 0 aromatic carbocycles. The van der Waals surface area contributed by atoms with Crippen molar-refractivity contribution in [3.63, 3.8) is 0 Å². The molecule has 12 heteroatoms. The summed E-state index contributed by atoms with van der Waals surface area (Å²) in [5, 5.41) is 4.57. The minimum atomic E-state index is -4.63. The summed E-state index contributed by atoms with van der Waals surface area (Å²) in [6.07, 6.45) is -4.11. The zero-order valence-corrected chi connectivity index (χ0v) is 16.9. The molecule has 29 heavy (non-hydrogen) atoms. The number of esters is 1. The Morgan fingerprint density at radius 3 is 2.45 bits per heavy atom. The number of carbonyl (C=O) groups is 3. The SMILES string of the molecule is CC(=O)Nc1sc(C)c(C)c1C(=O)OCC(=O)Nc1ncc(C(F)(F)F)cc1Cl. The third kappa shape index (κ3) is 5.67. The fraction of sp³-hybridized carbons (Fsp3) is 0.294. The molecule has 2 rings (SSSR count). The van der Waals surface area contributed by atoms with E-state index in [0.717, 1.165) is 4.88 Å². The Balaban J connectivity index is 2.05. The molecule has 0 fully saturated rings. The van der Waals surface area contributed by atoms with E-state index in [1.54, 1.807) is 13.8 Å². The van der Waals surface area contributed by atoms with E-state index in [-0.39, 0.29) is 17.3 Å². The Kier molecular flexibility index (Phi) is 6.85. The highest BCUT2D eigenvalue weighted by Crippen LogP contribution is 2.33. The maximum absolute atomic E-state index is 12.6. The number of nitrogens with one attached hydrogen (secondary N) is 2. The molecule has 0 saturated heterocycles. The van der Waals surface area contributed by atoms with E-state index in [9.17, 15) is 27.6 Å². The zero-order chi connectivity index (χ0) is 21.9. The Hall–Kier alpha value is -2.66. The third-order valence-electron chi connectivity index (χ3n) is 3.64. The van der Waals surface area contributed by atoms with Gasteiger partial charge in [-0.25, -0.2) is 9.78 Å². The number of alkyl halides is 3. The number of carbonyl (C=O) groups excluding carboxylic acids is 3. The molecule has 0 atom stereocenters. The van der Waals surface area contributed by atoms with Crippen molar-refractivity contribution >= 4 is 51.5 Å². The molecular weight excluding hydrogens is 435 g/mol. The Labute approximate surface area is 172 Å². The zero-order valence-electron chi connectivity index (χ0n) is 15.4. The van der Waals surface area contributed by atoms with Gasteiger partial charge in [-0.05, 0) is 25.5 Å². The molecule has 156 valence electrons. The van der Waals surface area contributed by atoms with E-state index >= 15 is 0 Å². The van der Waals surface area contributed by atoms with Crippen LogP contribution in [0.5, 0.6) is 0 Å². The molecule has 0 aliphatic rings. The first-order valence-electron chi connectivity index (χ1n) is 7.97. The van der Waals surface area contributed by atoms with Gasteiger partial charge in [-0.2, -0.15) is 13.2 Å². The first kappa shape index (κ1) is 22.6. The van der Waals surface area contributed by atoms with E-state index in [1.807, 2.05) is 0 Å². The van der Waals surface area contributed by atoms with Crippen LogP contribution in [0.4, 0.5) is 24.0 Å². The molecule has 2 aromatic rings. The number of hydrogen-bond acceptors (Lipinski definition) is 6. The van der Waals surface area contributed by atoms with E-state index < -0.39 is 35.2 Å². The highest BCUT2D eigenvalue weighted by atomic mass is 35.5. The number of aryl methyl sites for hydroxylation is 1. The summed E-state index contributed by atoms with van der Waals surface area (Å²) < 4.78 is 42.8. The van der Waals surface area contributed by atoms with Gasteiger partial charge < -0.3 is 15.4 Å². The first-order valence-corrected chi connectivity index (χ1v) is 9.17. The van der Waals surface area contributed by atoms with Crippen molar-refractivity contribution in [3.8, 4) is 0 Å². The van der Waals surface area contributed by atoms with Crippen LogP contribution in [0.3, 0.4) is 0 Å². The maximum atomic E-state index is 12.6. The van der Waals surface area contributed by atoms with Gasteiger partial charge in [0.2, 0.25) is 5.91 Å². The quantitative estimate of drug-likeness (QED) is 0.667. The van der Waals surface area contributed by atoms with Crippen molar-refractivity contribution in [2.75, 3.05) is 17.2 Å². The summed E-state index contributed by atoms with van der Waals surface area (Å²) in [5.41, 5.74) is -0.349. The second-order valence-electron chi connectivity index (χ2n) is 5.85. The molecule has 2 heterocycles. The molecule has 0 radical (unpaired) electrons. The highest BCUT2D eigenvalue weighted by Gasteiger charge is 2.31. The van der Waals surface area contributed by atoms with Crippen LogP contribution in [-0.2, 0) is 20.5 Å². The van der Waals surface area contributed by atoms with Crippen LogP contribution in [0.2, 0.25) is 5.02 Å². The van der Waals surface area contributed by atoms with E-state index in [0.29, 0.717) is 22.8 Å². The van der Waals surface area contributed by atoms with Crippen molar-refractivity contribution in [2.24, 2.45) is 0 Å². The van der Waals surface area contributed by atoms with Gasteiger partial charge in [0.05, 0.1) is 16.1 Å². The van der Waals surface area contributed by atoms with E-state index in [2.05, 4.69) is 15.6 Å². The first-order chi connectivity index (χ1) is 13.4. The lowest BCUT2D eigenvalue weighted by molar-refractivity contribution is -0.137. The average molecular weight is 450 g/mol. The maximum Gasteiger partial charge on any atom is 0.417 e. The molecule has 0 unspecified atom stereocenters. The largest absolute Gasteiger partial charge is 0.452 e. The number of amides is 2. The molecule has 2 N–H and O–H groups in total. The predicted octanol–water partition coefficient (Wildman–Crippen LogP) is 4.19. The summed E-state index contributed by atoms with van der Waals surface area (Å²) in [5.74, 6) is -2.36. The van der Waals surface area contributed by atoms with Crippen LogP contribution >= 0.6 is 22.9 Å². The number of thiophene rings is 1. The van der Waals surface area contributed by atoms with Crippen molar-refractivity contribution in [2.45, 2.75) is 26.9 Å². The van der Waals surface area contributed by atoms with Crippen molar-refractivity contribution in [1.82, 2.24) is 4.98 Å². The molecule has 0 aliphatic carbocycles. The van der Waals surface area contributed by atoms with Crippen LogP contribution in [0, 0.1) is 13.8 Å². The van der Waals surface area contributed by atoms with Gasteiger partial charge in [0.1, 0.15) is 5.00 Å². The number of aromatic nitrogens is 1. The second kappa shape index (κ2) is 8.78. The number of rotatable bonds is 5. The number of nitrogens with zero attached hydrogens (tertiary/aromatic N) is 1. The topological polar surface area (TPSA) is 97.4 Å². The predicted molar refractivity (Wildman–Crippen MR) is 101 cm³/mol. The molecular formula is C17H15ClF3N3O4S. The standard InChI is InChI=1S/C17H15ClF3N3O4S/c1-7-8(2)29-15(23-9(3)25)13(7)16(27)28-6-12(26)24-14-11(18)4-10(5-22-14)17(19,20)21/h4-5H,6H2,1-3H3,(H,23,25)(H,22,24,26). The van der Waals surface area contributed by atoms with E-state index in [1.165, 1.54) is 18.3 Å². The lowest BCUT2D eigenvalue weighted by Gasteiger charge is -2.11. The fourth-order valence-electron chi connectivity index (χ4n) is 2.18. The number of anilines is 2. The number of halogens is 4. The molecule has 0 spiro atoms. The van der Waals surface area contributed by atoms with Crippen LogP contribution in [0.1, 0.15) is 33.3 Å². The Morgan fingerprint density at radius 1 is 1.24 bits per heavy atom. The second-order valence-corrected chi connectivity index (χ2v) is 7.48. The van der Waals surface area contributed by atoms with Crippen LogP contribution < -0.4 is 10.6 Å². The normalized spacial score (nSPS) is 11.1.